The van der Waals surface area contributed by atoms with Gasteiger partial charge < -0.3 is 4.42 Å². The van der Waals surface area contributed by atoms with Gasteiger partial charge in [-0.1, -0.05) is 17.8 Å². The molecule has 30 heavy (non-hydrogen) atoms. The number of rotatable bonds is 5. The molecule has 1 aliphatic heterocycles. The summed E-state index contributed by atoms with van der Waals surface area (Å²) >= 11 is 2.90. The van der Waals surface area contributed by atoms with E-state index in [0.717, 1.165) is 27.7 Å². The van der Waals surface area contributed by atoms with E-state index in [1.54, 1.807) is 22.1 Å². The number of thioether (sulfide) groups is 1. The van der Waals surface area contributed by atoms with Crippen molar-refractivity contribution >= 4 is 40.5 Å². The normalized spacial score (nSPS) is 16.4. The maximum absolute atomic E-state index is 13.1. The monoisotopic (exact) mass is 438 g/mol. The van der Waals surface area contributed by atoms with Gasteiger partial charge in [-0.05, 0) is 43.5 Å². The van der Waals surface area contributed by atoms with Crippen molar-refractivity contribution in [3.8, 4) is 0 Å². The largest absolute Gasteiger partial charge is 0.467 e. The summed E-state index contributed by atoms with van der Waals surface area (Å²) in [6, 6.07) is 9.41. The molecule has 8 nitrogen and oxygen atoms in total. The summed E-state index contributed by atoms with van der Waals surface area (Å²) in [5.41, 5.74) is 2.73. The van der Waals surface area contributed by atoms with Crippen LogP contribution >= 0.6 is 23.1 Å². The lowest BCUT2D eigenvalue weighted by Crippen LogP contribution is -2.28. The SMILES string of the molecule is Cc1cc(C)n2nc(SCC(=O)N3N=C(c4cccs4)C[C@H]3c3ccco3)nc2n1. The van der Waals surface area contributed by atoms with Crippen molar-refractivity contribution in [2.75, 3.05) is 5.75 Å². The minimum Gasteiger partial charge on any atom is -0.467 e. The highest BCUT2D eigenvalue weighted by molar-refractivity contribution is 7.99. The van der Waals surface area contributed by atoms with Gasteiger partial charge in [0.05, 0.1) is 22.6 Å². The van der Waals surface area contributed by atoms with Gasteiger partial charge in [0, 0.05) is 17.8 Å². The van der Waals surface area contributed by atoms with Crippen LogP contribution in [0.5, 0.6) is 0 Å². The van der Waals surface area contributed by atoms with E-state index < -0.39 is 0 Å². The van der Waals surface area contributed by atoms with Gasteiger partial charge in [0.15, 0.2) is 0 Å². The molecule has 1 aliphatic rings. The fraction of sp³-hybridized carbons (Fsp3) is 0.250. The van der Waals surface area contributed by atoms with E-state index in [0.29, 0.717) is 17.4 Å². The Morgan fingerprint density at radius 1 is 1.30 bits per heavy atom. The molecule has 0 saturated heterocycles. The van der Waals surface area contributed by atoms with Crippen molar-refractivity contribution in [3.63, 3.8) is 0 Å². The minimum atomic E-state index is -0.245. The molecule has 0 aliphatic carbocycles. The van der Waals surface area contributed by atoms with Gasteiger partial charge >= 0.3 is 0 Å². The van der Waals surface area contributed by atoms with Crippen molar-refractivity contribution in [1.82, 2.24) is 24.6 Å². The van der Waals surface area contributed by atoms with Crippen LogP contribution in [0.2, 0.25) is 0 Å². The quantitative estimate of drug-likeness (QED) is 0.440. The first-order valence-corrected chi connectivity index (χ1v) is 11.3. The molecule has 0 bridgehead atoms. The molecule has 4 aromatic rings. The molecule has 0 aromatic carbocycles. The molecule has 5 heterocycles. The van der Waals surface area contributed by atoms with E-state index in [1.165, 1.54) is 16.8 Å². The molecule has 5 rings (SSSR count). The second-order valence-electron chi connectivity index (χ2n) is 6.93. The van der Waals surface area contributed by atoms with E-state index in [1.807, 2.05) is 49.6 Å². The number of hydrogen-bond donors (Lipinski definition) is 0. The van der Waals surface area contributed by atoms with Gasteiger partial charge in [0.1, 0.15) is 11.8 Å². The number of hydrogen-bond acceptors (Lipinski definition) is 8. The Kier molecular flexibility index (Phi) is 4.87. The van der Waals surface area contributed by atoms with Crippen LogP contribution in [0, 0.1) is 13.8 Å². The van der Waals surface area contributed by atoms with Crippen LogP contribution in [0.25, 0.3) is 5.78 Å². The zero-order valence-electron chi connectivity index (χ0n) is 16.3. The second kappa shape index (κ2) is 7.69. The molecule has 1 atom stereocenters. The van der Waals surface area contributed by atoms with E-state index >= 15 is 0 Å². The van der Waals surface area contributed by atoms with Crippen molar-refractivity contribution < 1.29 is 9.21 Å². The van der Waals surface area contributed by atoms with Gasteiger partial charge in [-0.25, -0.2) is 14.5 Å². The second-order valence-corrected chi connectivity index (χ2v) is 8.82. The van der Waals surface area contributed by atoms with Gasteiger partial charge in [0.25, 0.3) is 11.7 Å². The summed E-state index contributed by atoms with van der Waals surface area (Å²) in [4.78, 5) is 23.0. The molecule has 0 unspecified atom stereocenters. The third-order valence-electron chi connectivity index (χ3n) is 4.77. The van der Waals surface area contributed by atoms with Crippen LogP contribution in [-0.4, -0.2) is 42.0 Å². The third kappa shape index (κ3) is 3.52. The summed E-state index contributed by atoms with van der Waals surface area (Å²) in [6.07, 6.45) is 2.24. The highest BCUT2D eigenvalue weighted by atomic mass is 32.2. The summed E-state index contributed by atoms with van der Waals surface area (Å²) in [6.45, 7) is 3.87. The van der Waals surface area contributed by atoms with Gasteiger partial charge in [-0.2, -0.15) is 10.1 Å². The average Bonchev–Trinajstić information content (AvgIpc) is 3.51. The molecular weight excluding hydrogens is 420 g/mol. The predicted molar refractivity (Wildman–Crippen MR) is 115 cm³/mol. The molecule has 4 aromatic heterocycles. The third-order valence-corrected chi connectivity index (χ3v) is 6.51. The standard InChI is InChI=1S/C20H18N6O2S2/c1-12-9-13(2)25-19(21-12)22-20(24-25)30-11-18(27)26-15(16-5-3-7-28-16)10-14(23-26)17-6-4-8-29-17/h3-9,15H,10-11H2,1-2H3/t15-/m0/s1. The number of hydrazone groups is 1. The molecule has 0 fully saturated rings. The zero-order valence-corrected chi connectivity index (χ0v) is 18.0. The molecule has 0 saturated carbocycles. The van der Waals surface area contributed by atoms with E-state index in [9.17, 15) is 4.79 Å². The molecule has 1 amide bonds. The number of furan rings is 1. The van der Waals surface area contributed by atoms with Crippen molar-refractivity contribution in [1.29, 1.82) is 0 Å². The Morgan fingerprint density at radius 2 is 2.20 bits per heavy atom. The highest BCUT2D eigenvalue weighted by Gasteiger charge is 2.35. The van der Waals surface area contributed by atoms with Gasteiger partial charge in [-0.3, -0.25) is 4.79 Å². The van der Waals surface area contributed by atoms with E-state index in [4.69, 9.17) is 4.42 Å². The fourth-order valence-corrected chi connectivity index (χ4v) is 4.83. The Morgan fingerprint density at radius 3 is 2.97 bits per heavy atom. The van der Waals surface area contributed by atoms with Gasteiger partial charge in [-0.15, -0.1) is 16.4 Å². The number of nitrogens with zero attached hydrogens (tertiary/aromatic N) is 6. The summed E-state index contributed by atoms with van der Waals surface area (Å²) in [7, 11) is 0. The maximum Gasteiger partial charge on any atom is 0.253 e. The Bertz CT molecular complexity index is 1230. The lowest BCUT2D eigenvalue weighted by atomic mass is 10.1. The van der Waals surface area contributed by atoms with Crippen molar-refractivity contribution in [3.05, 3.63) is 64.0 Å². The lowest BCUT2D eigenvalue weighted by Gasteiger charge is -2.19. The number of aromatic nitrogens is 4. The summed E-state index contributed by atoms with van der Waals surface area (Å²) in [5, 5.41) is 13.1. The van der Waals surface area contributed by atoms with E-state index in [2.05, 4.69) is 20.2 Å². The summed E-state index contributed by atoms with van der Waals surface area (Å²) < 4.78 is 7.27. The number of carbonyl (C=O) groups is 1. The first-order valence-electron chi connectivity index (χ1n) is 9.39. The van der Waals surface area contributed by atoms with E-state index in [-0.39, 0.29) is 17.7 Å². The van der Waals surface area contributed by atoms with Crippen molar-refractivity contribution in [2.45, 2.75) is 31.5 Å². The van der Waals surface area contributed by atoms with Crippen LogP contribution in [0.15, 0.2) is 56.7 Å². The van der Waals surface area contributed by atoms with Crippen LogP contribution in [0.1, 0.15) is 34.5 Å². The van der Waals surface area contributed by atoms with Crippen LogP contribution in [0.3, 0.4) is 0 Å². The number of aryl methyl sites for hydroxylation is 2. The number of carbonyl (C=O) groups excluding carboxylic acids is 1. The van der Waals surface area contributed by atoms with Crippen LogP contribution in [0.4, 0.5) is 0 Å². The van der Waals surface area contributed by atoms with Crippen LogP contribution in [-0.2, 0) is 4.79 Å². The highest BCUT2D eigenvalue weighted by Crippen LogP contribution is 2.34. The first kappa shape index (κ1) is 19.0. The number of thiophene rings is 1. The molecule has 0 radical (unpaired) electrons. The Hall–Kier alpha value is -2.98. The smallest absolute Gasteiger partial charge is 0.253 e. The molecule has 0 spiro atoms. The molecule has 152 valence electrons. The van der Waals surface area contributed by atoms with Crippen LogP contribution < -0.4 is 0 Å². The Balaban J connectivity index is 1.36. The average molecular weight is 439 g/mol. The predicted octanol–water partition coefficient (Wildman–Crippen LogP) is 3.87. The minimum absolute atomic E-state index is 0.118. The van der Waals surface area contributed by atoms with Gasteiger partial charge in [0.2, 0.25) is 5.16 Å². The zero-order chi connectivity index (χ0) is 20.7. The fourth-order valence-electron chi connectivity index (χ4n) is 3.44. The molecule has 10 heteroatoms. The Labute approximate surface area is 180 Å². The topological polar surface area (TPSA) is 88.9 Å². The summed E-state index contributed by atoms with van der Waals surface area (Å²) in [5.74, 6) is 1.32. The lowest BCUT2D eigenvalue weighted by molar-refractivity contribution is -0.130. The van der Waals surface area contributed by atoms with Crippen molar-refractivity contribution in [2.24, 2.45) is 5.10 Å². The molecule has 0 N–H and O–H groups in total. The maximum atomic E-state index is 13.1. The number of fused-ring (bicyclic) bond motifs is 1. The number of amides is 1. The first-order chi connectivity index (χ1) is 14.6. The molecular formula is C20H18N6O2S2.